The Morgan fingerprint density at radius 3 is 2.13 bits per heavy atom. The van der Waals surface area contributed by atoms with E-state index < -0.39 is 17.9 Å². The summed E-state index contributed by atoms with van der Waals surface area (Å²) in [5, 5.41) is 0. The first-order chi connectivity index (χ1) is 7.10. The second-order valence-electron chi connectivity index (χ2n) is 2.09. The molecule has 15 heavy (non-hydrogen) atoms. The predicted octanol–water partition coefficient (Wildman–Crippen LogP) is 0.293. The highest BCUT2D eigenvalue weighted by Gasteiger charge is 2.03. The molecule has 0 aliphatic rings. The van der Waals surface area contributed by atoms with Gasteiger partial charge in [-0.05, 0) is 6.92 Å². The molecule has 0 fully saturated rings. The van der Waals surface area contributed by atoms with Crippen molar-refractivity contribution in [1.29, 1.82) is 0 Å². The fraction of sp³-hybridized carbons (Fsp3) is 0.222. The van der Waals surface area contributed by atoms with Crippen molar-refractivity contribution in [3.8, 4) is 0 Å². The Balaban J connectivity index is 3.87. The molecular formula is C9H10O6. The third-order valence-corrected chi connectivity index (χ3v) is 1.01. The Bertz CT molecular complexity index is 291. The molecule has 0 bridgehead atoms. The molecule has 0 radical (unpaired) electrons. The summed E-state index contributed by atoms with van der Waals surface area (Å²) in [7, 11) is 0. The molecular weight excluding hydrogens is 204 g/mol. The highest BCUT2D eigenvalue weighted by atomic mass is 17.2. The molecule has 0 unspecified atom stereocenters. The second kappa shape index (κ2) is 7.31. The van der Waals surface area contributed by atoms with E-state index in [4.69, 9.17) is 0 Å². The van der Waals surface area contributed by atoms with Gasteiger partial charge < -0.3 is 4.74 Å². The van der Waals surface area contributed by atoms with Crippen LogP contribution in [0.25, 0.3) is 0 Å². The van der Waals surface area contributed by atoms with Gasteiger partial charge in [-0.25, -0.2) is 24.2 Å². The first-order valence-electron chi connectivity index (χ1n) is 3.99. The van der Waals surface area contributed by atoms with Gasteiger partial charge in [-0.1, -0.05) is 6.58 Å². The molecule has 6 nitrogen and oxygen atoms in total. The minimum Gasteiger partial charge on any atom is -0.463 e. The van der Waals surface area contributed by atoms with E-state index in [1.165, 1.54) is 0 Å². The molecule has 82 valence electrons. The van der Waals surface area contributed by atoms with Crippen LogP contribution in [0.1, 0.15) is 6.92 Å². The van der Waals surface area contributed by atoms with Gasteiger partial charge in [0.25, 0.3) is 0 Å². The quantitative estimate of drug-likeness (QED) is 0.289. The van der Waals surface area contributed by atoms with Gasteiger partial charge in [0.1, 0.15) is 0 Å². The molecule has 6 heteroatoms. The topological polar surface area (TPSA) is 78.9 Å². The van der Waals surface area contributed by atoms with Gasteiger partial charge in [0.05, 0.1) is 6.61 Å². The summed E-state index contributed by atoms with van der Waals surface area (Å²) in [6.45, 7) is 4.90. The fourth-order valence-corrected chi connectivity index (χ4v) is 0.470. The molecule has 0 amide bonds. The lowest BCUT2D eigenvalue weighted by Crippen LogP contribution is -2.08. The molecule has 0 aromatic carbocycles. The predicted molar refractivity (Wildman–Crippen MR) is 48.2 cm³/mol. The molecule has 0 N–H and O–H groups in total. The van der Waals surface area contributed by atoms with E-state index >= 15 is 0 Å². The van der Waals surface area contributed by atoms with Crippen LogP contribution in [0.3, 0.4) is 0 Å². The highest BCUT2D eigenvalue weighted by Crippen LogP contribution is 1.88. The van der Waals surface area contributed by atoms with Crippen molar-refractivity contribution in [3.63, 3.8) is 0 Å². The smallest absolute Gasteiger partial charge is 0.379 e. The Labute approximate surface area is 86.0 Å². The van der Waals surface area contributed by atoms with Crippen molar-refractivity contribution in [1.82, 2.24) is 0 Å². The van der Waals surface area contributed by atoms with E-state index in [2.05, 4.69) is 21.1 Å². The van der Waals surface area contributed by atoms with E-state index in [-0.39, 0.29) is 6.61 Å². The highest BCUT2D eigenvalue weighted by molar-refractivity contribution is 5.91. The molecule has 0 spiro atoms. The average Bonchev–Trinajstić information content (AvgIpc) is 2.23. The molecule has 0 saturated heterocycles. The summed E-state index contributed by atoms with van der Waals surface area (Å²) in [4.78, 5) is 39.8. The van der Waals surface area contributed by atoms with Crippen LogP contribution in [0.4, 0.5) is 0 Å². The van der Waals surface area contributed by atoms with Crippen LogP contribution in [0.15, 0.2) is 24.8 Å². The molecule has 0 saturated carbocycles. The second-order valence-corrected chi connectivity index (χ2v) is 2.09. The van der Waals surface area contributed by atoms with Crippen LogP contribution in [-0.2, 0) is 28.9 Å². The van der Waals surface area contributed by atoms with E-state index in [1.54, 1.807) is 6.92 Å². The Kier molecular flexibility index (Phi) is 6.28. The van der Waals surface area contributed by atoms with Crippen LogP contribution in [0.5, 0.6) is 0 Å². The number of rotatable bonds is 4. The zero-order chi connectivity index (χ0) is 11.7. The molecule has 0 aliphatic heterocycles. The fourth-order valence-electron chi connectivity index (χ4n) is 0.470. The van der Waals surface area contributed by atoms with E-state index in [1.807, 2.05) is 0 Å². The van der Waals surface area contributed by atoms with Crippen LogP contribution in [-0.4, -0.2) is 24.5 Å². The summed E-state index contributed by atoms with van der Waals surface area (Å²) in [6.07, 6.45) is 2.45. The van der Waals surface area contributed by atoms with Crippen LogP contribution < -0.4 is 0 Å². The summed E-state index contributed by atoms with van der Waals surface area (Å²) < 4.78 is 4.48. The van der Waals surface area contributed by atoms with Crippen LogP contribution in [0, 0.1) is 0 Å². The van der Waals surface area contributed by atoms with E-state index in [9.17, 15) is 14.4 Å². The maximum atomic E-state index is 10.7. The Morgan fingerprint density at radius 2 is 1.60 bits per heavy atom. The first-order valence-corrected chi connectivity index (χ1v) is 3.99. The van der Waals surface area contributed by atoms with Gasteiger partial charge in [0.2, 0.25) is 0 Å². The molecule has 0 aromatic rings. The zero-order valence-electron chi connectivity index (χ0n) is 8.10. The minimum atomic E-state index is -1.00. The summed E-state index contributed by atoms with van der Waals surface area (Å²) in [5.74, 6) is -2.60. The first kappa shape index (κ1) is 12.9. The SMILES string of the molecule is C=CC(=O)OOC(=O)/C=C\C(=O)OCC. The molecule has 0 aliphatic carbocycles. The monoisotopic (exact) mass is 214 g/mol. The van der Waals surface area contributed by atoms with Crippen molar-refractivity contribution < 1.29 is 28.9 Å². The largest absolute Gasteiger partial charge is 0.463 e. The molecule has 0 atom stereocenters. The number of esters is 1. The van der Waals surface area contributed by atoms with Gasteiger partial charge >= 0.3 is 17.9 Å². The van der Waals surface area contributed by atoms with Crippen molar-refractivity contribution in [3.05, 3.63) is 24.8 Å². The Hall–Kier alpha value is -2.11. The zero-order valence-corrected chi connectivity index (χ0v) is 8.10. The van der Waals surface area contributed by atoms with Crippen molar-refractivity contribution in [2.24, 2.45) is 0 Å². The summed E-state index contributed by atoms with van der Waals surface area (Å²) >= 11 is 0. The average molecular weight is 214 g/mol. The van der Waals surface area contributed by atoms with Gasteiger partial charge in [-0.3, -0.25) is 0 Å². The van der Waals surface area contributed by atoms with Crippen LogP contribution in [0.2, 0.25) is 0 Å². The third-order valence-electron chi connectivity index (χ3n) is 1.01. The van der Waals surface area contributed by atoms with E-state index in [0.717, 1.165) is 18.2 Å². The van der Waals surface area contributed by atoms with Crippen molar-refractivity contribution >= 4 is 17.9 Å². The van der Waals surface area contributed by atoms with E-state index in [0.29, 0.717) is 0 Å². The number of hydrogen-bond donors (Lipinski definition) is 0. The summed E-state index contributed by atoms with van der Waals surface area (Å²) in [5.41, 5.74) is 0. The van der Waals surface area contributed by atoms with Crippen LogP contribution >= 0.6 is 0 Å². The van der Waals surface area contributed by atoms with Crippen molar-refractivity contribution in [2.45, 2.75) is 6.92 Å². The van der Waals surface area contributed by atoms with Crippen molar-refractivity contribution in [2.75, 3.05) is 6.61 Å². The number of hydrogen-bond acceptors (Lipinski definition) is 6. The number of carbonyl (C=O) groups excluding carboxylic acids is 3. The lowest BCUT2D eigenvalue weighted by molar-refractivity contribution is -0.250. The van der Waals surface area contributed by atoms with Gasteiger partial charge in [0.15, 0.2) is 0 Å². The number of ether oxygens (including phenoxy) is 1. The molecule has 0 aromatic heterocycles. The normalized spacial score (nSPS) is 9.40. The van der Waals surface area contributed by atoms with Gasteiger partial charge in [0, 0.05) is 18.2 Å². The number of carbonyl (C=O) groups is 3. The molecule has 0 rings (SSSR count). The lowest BCUT2D eigenvalue weighted by atomic mass is 10.5. The standard InChI is InChI=1S/C9H10O6/c1-3-7(10)14-15-9(12)6-5-8(11)13-4-2/h3,5-6H,1,4H2,2H3/b6-5-. The van der Waals surface area contributed by atoms with Gasteiger partial charge in [-0.2, -0.15) is 0 Å². The summed E-state index contributed by atoms with van der Waals surface area (Å²) in [6, 6.07) is 0. The maximum absolute atomic E-state index is 10.7. The van der Waals surface area contributed by atoms with Gasteiger partial charge in [-0.15, -0.1) is 0 Å². The lowest BCUT2D eigenvalue weighted by Gasteiger charge is -1.96. The Morgan fingerprint density at radius 1 is 1.07 bits per heavy atom. The third kappa shape index (κ3) is 7.00. The minimum absolute atomic E-state index is 0.198. The molecule has 0 heterocycles. The maximum Gasteiger partial charge on any atom is 0.379 e.